The van der Waals surface area contributed by atoms with Gasteiger partial charge in [-0.2, -0.15) is 0 Å². The molecule has 0 saturated heterocycles. The van der Waals surface area contributed by atoms with E-state index in [1.165, 1.54) is 6.08 Å². The summed E-state index contributed by atoms with van der Waals surface area (Å²) in [5.41, 5.74) is 0.831. The lowest BCUT2D eigenvalue weighted by Crippen LogP contribution is -2.07. The van der Waals surface area contributed by atoms with Gasteiger partial charge in [-0.1, -0.05) is 31.7 Å². The lowest BCUT2D eigenvalue weighted by molar-refractivity contribution is -0.137. The summed E-state index contributed by atoms with van der Waals surface area (Å²) in [6.07, 6.45) is 7.95. The number of halogens is 3. The van der Waals surface area contributed by atoms with Gasteiger partial charge in [0.15, 0.2) is 11.5 Å². The second-order valence-electron chi connectivity index (χ2n) is 5.75. The summed E-state index contributed by atoms with van der Waals surface area (Å²) in [6, 6.07) is 3.65. The van der Waals surface area contributed by atoms with Gasteiger partial charge < -0.3 is 14.2 Å². The van der Waals surface area contributed by atoms with Crippen LogP contribution in [0.1, 0.15) is 37.7 Å². The first-order valence-corrected chi connectivity index (χ1v) is 13.7. The average molecular weight is 440 g/mol. The molecule has 0 aliphatic rings. The molecule has 4 nitrogen and oxygen atoms in total. The van der Waals surface area contributed by atoms with Crippen molar-refractivity contribution in [2.75, 3.05) is 20.8 Å². The Morgan fingerprint density at radius 1 is 1.00 bits per heavy atom. The van der Waals surface area contributed by atoms with Crippen LogP contribution in [0.4, 0.5) is 0 Å². The van der Waals surface area contributed by atoms with Gasteiger partial charge in [-0.25, -0.2) is 4.79 Å². The van der Waals surface area contributed by atoms with Gasteiger partial charge in [0.1, 0.15) is 0 Å². The van der Waals surface area contributed by atoms with Crippen LogP contribution in [0.3, 0.4) is 0 Å². The SMILES string of the molecule is COc1ccc(/C=C/C(=O)OCCCCCCC[Si](Cl)(Cl)Cl)cc1OC. The molecule has 0 radical (unpaired) electrons. The highest BCUT2D eigenvalue weighted by Crippen LogP contribution is 2.28. The molecule has 0 fully saturated rings. The van der Waals surface area contributed by atoms with E-state index in [-0.39, 0.29) is 5.97 Å². The van der Waals surface area contributed by atoms with Gasteiger partial charge in [0.05, 0.1) is 20.8 Å². The maximum atomic E-state index is 11.7. The third-order valence-corrected chi connectivity index (χ3v) is 6.29. The minimum atomic E-state index is -2.47. The molecule has 0 unspecified atom stereocenters. The van der Waals surface area contributed by atoms with Crippen molar-refractivity contribution in [2.24, 2.45) is 0 Å². The second-order valence-corrected chi connectivity index (χ2v) is 15.0. The normalized spacial score (nSPS) is 11.6. The number of benzene rings is 1. The van der Waals surface area contributed by atoms with Crippen LogP contribution in [0.25, 0.3) is 6.08 Å². The van der Waals surface area contributed by atoms with Gasteiger partial charge >= 0.3 is 12.0 Å². The zero-order chi connectivity index (χ0) is 19.4. The molecule has 0 N–H and O–H groups in total. The van der Waals surface area contributed by atoms with Crippen LogP contribution >= 0.6 is 33.2 Å². The van der Waals surface area contributed by atoms with Crippen molar-refractivity contribution < 1.29 is 19.0 Å². The molecule has 0 spiro atoms. The van der Waals surface area contributed by atoms with Crippen molar-refractivity contribution in [2.45, 2.75) is 38.1 Å². The molecule has 0 aromatic heterocycles. The minimum absolute atomic E-state index is 0.359. The monoisotopic (exact) mass is 438 g/mol. The predicted molar refractivity (Wildman–Crippen MR) is 111 cm³/mol. The number of rotatable bonds is 12. The van der Waals surface area contributed by atoms with Crippen LogP contribution in [-0.2, 0) is 9.53 Å². The van der Waals surface area contributed by atoms with Gasteiger partial charge in [-0.3, -0.25) is 0 Å². The van der Waals surface area contributed by atoms with Crippen molar-refractivity contribution in [3.63, 3.8) is 0 Å². The van der Waals surface area contributed by atoms with Crippen molar-refractivity contribution >= 4 is 51.3 Å². The van der Waals surface area contributed by atoms with E-state index in [9.17, 15) is 4.79 Å². The van der Waals surface area contributed by atoms with E-state index >= 15 is 0 Å². The van der Waals surface area contributed by atoms with E-state index < -0.39 is 6.00 Å². The summed E-state index contributed by atoms with van der Waals surface area (Å²) in [5.74, 6) is 0.894. The van der Waals surface area contributed by atoms with E-state index in [1.54, 1.807) is 32.4 Å². The minimum Gasteiger partial charge on any atom is -0.493 e. The molecular weight excluding hydrogens is 415 g/mol. The summed E-state index contributed by atoms with van der Waals surface area (Å²) in [5, 5.41) is 0. The molecule has 0 bridgehead atoms. The number of esters is 1. The molecule has 146 valence electrons. The quantitative estimate of drug-likeness (QED) is 0.134. The van der Waals surface area contributed by atoms with Crippen LogP contribution in [0.15, 0.2) is 24.3 Å². The molecule has 0 heterocycles. The van der Waals surface area contributed by atoms with Gasteiger partial charge in [-0.15, -0.1) is 33.2 Å². The fourth-order valence-corrected chi connectivity index (χ4v) is 4.15. The third kappa shape index (κ3) is 10.3. The summed E-state index contributed by atoms with van der Waals surface area (Å²) in [6.45, 7) is 0.411. The lowest BCUT2D eigenvalue weighted by atomic mass is 10.2. The van der Waals surface area contributed by atoms with E-state index in [4.69, 9.17) is 47.4 Å². The number of ether oxygens (including phenoxy) is 3. The van der Waals surface area contributed by atoms with Crippen molar-refractivity contribution in [3.8, 4) is 11.5 Å². The van der Waals surface area contributed by atoms with E-state index in [0.29, 0.717) is 24.2 Å². The molecule has 1 aromatic rings. The average Bonchev–Trinajstić information content (AvgIpc) is 2.60. The number of methoxy groups -OCH3 is 2. The highest BCUT2D eigenvalue weighted by atomic mass is 35.8. The van der Waals surface area contributed by atoms with Crippen molar-refractivity contribution in [1.29, 1.82) is 0 Å². The molecule has 0 saturated carbocycles. The Balaban J connectivity index is 2.21. The Labute approximate surface area is 170 Å². The number of unbranched alkanes of at least 4 members (excludes halogenated alkanes) is 4. The van der Waals surface area contributed by atoms with Crippen LogP contribution in [0.5, 0.6) is 11.5 Å². The number of hydrogen-bond donors (Lipinski definition) is 0. The Hall–Kier alpha value is -0.883. The topological polar surface area (TPSA) is 44.8 Å². The molecule has 1 rings (SSSR count). The predicted octanol–water partition coefficient (Wildman–Crippen LogP) is 5.87. The van der Waals surface area contributed by atoms with Crippen LogP contribution in [0.2, 0.25) is 6.04 Å². The second kappa shape index (κ2) is 12.5. The molecule has 0 aliphatic carbocycles. The number of carbonyl (C=O) groups excluding carboxylic acids is 1. The maximum absolute atomic E-state index is 11.7. The molecule has 0 aliphatic heterocycles. The molecule has 0 amide bonds. The first-order chi connectivity index (χ1) is 12.4. The molecule has 8 heteroatoms. The maximum Gasteiger partial charge on any atom is 0.341 e. The summed E-state index contributed by atoms with van der Waals surface area (Å²) < 4.78 is 15.6. The van der Waals surface area contributed by atoms with E-state index in [2.05, 4.69) is 0 Å². The van der Waals surface area contributed by atoms with Crippen LogP contribution in [0, 0.1) is 0 Å². The first kappa shape index (κ1) is 23.2. The molecule has 1 aromatic carbocycles. The lowest BCUT2D eigenvalue weighted by Gasteiger charge is -2.07. The summed E-state index contributed by atoms with van der Waals surface area (Å²) in [4.78, 5) is 11.7. The van der Waals surface area contributed by atoms with Gasteiger partial charge in [0, 0.05) is 6.08 Å². The zero-order valence-corrected chi connectivity index (χ0v) is 18.4. The van der Waals surface area contributed by atoms with Gasteiger partial charge in [-0.05, 0) is 36.2 Å². The smallest absolute Gasteiger partial charge is 0.341 e. The highest BCUT2D eigenvalue weighted by molar-refractivity contribution is 7.64. The highest BCUT2D eigenvalue weighted by Gasteiger charge is 2.23. The standard InChI is InChI=1S/C18H25Cl3O4Si/c1-23-16-10-8-15(14-17(16)24-2)9-11-18(22)25-12-6-4-3-5-7-13-26(19,20)21/h8-11,14H,3-7,12-13H2,1-2H3/b11-9+. The Kier molecular flexibility index (Phi) is 11.1. The number of hydrogen-bond acceptors (Lipinski definition) is 4. The first-order valence-electron chi connectivity index (χ1n) is 8.49. The van der Waals surface area contributed by atoms with Gasteiger partial charge in [0.25, 0.3) is 0 Å². The van der Waals surface area contributed by atoms with E-state index in [0.717, 1.165) is 37.7 Å². The zero-order valence-electron chi connectivity index (χ0n) is 15.1. The van der Waals surface area contributed by atoms with Crippen molar-refractivity contribution in [1.82, 2.24) is 0 Å². The Morgan fingerprint density at radius 2 is 1.65 bits per heavy atom. The number of carbonyl (C=O) groups is 1. The Bertz CT molecular complexity index is 588. The third-order valence-electron chi connectivity index (χ3n) is 3.67. The molecule has 0 atom stereocenters. The fraction of sp³-hybridized carbons (Fsp3) is 0.500. The van der Waals surface area contributed by atoms with E-state index in [1.807, 2.05) is 6.07 Å². The van der Waals surface area contributed by atoms with Crippen LogP contribution in [-0.4, -0.2) is 32.8 Å². The summed E-state index contributed by atoms with van der Waals surface area (Å²) >= 11 is 17.5. The Morgan fingerprint density at radius 3 is 2.31 bits per heavy atom. The van der Waals surface area contributed by atoms with Gasteiger partial charge in [0.2, 0.25) is 0 Å². The fourth-order valence-electron chi connectivity index (χ4n) is 2.30. The van der Waals surface area contributed by atoms with Crippen LogP contribution < -0.4 is 9.47 Å². The molecule has 26 heavy (non-hydrogen) atoms. The molecular formula is C18H25Cl3O4Si. The van der Waals surface area contributed by atoms with Crippen molar-refractivity contribution in [3.05, 3.63) is 29.8 Å². The summed E-state index contributed by atoms with van der Waals surface area (Å²) in [7, 11) is 3.15. The largest absolute Gasteiger partial charge is 0.493 e.